The number of allylic oxidation sites excluding steroid dienone is 25. The van der Waals surface area contributed by atoms with E-state index in [0.717, 1.165) is 180 Å². The number of phosphoric acid groups is 2. The molecule has 0 rings (SSSR count). The van der Waals surface area contributed by atoms with E-state index in [1.807, 2.05) is 18.2 Å². The molecule has 592 valence electrons. The normalized spacial score (nSPS) is 14.7. The number of hydrogen-bond acceptors (Lipinski definition) is 15. The molecule has 0 aliphatic carbocycles. The highest BCUT2D eigenvalue weighted by molar-refractivity contribution is 7.47. The van der Waals surface area contributed by atoms with Crippen LogP contribution in [0.4, 0.5) is 0 Å². The summed E-state index contributed by atoms with van der Waals surface area (Å²) in [7, 11) is -9.99. The van der Waals surface area contributed by atoms with E-state index in [0.29, 0.717) is 25.7 Å². The molecule has 0 aromatic rings. The van der Waals surface area contributed by atoms with Crippen LogP contribution in [0.15, 0.2) is 158 Å². The van der Waals surface area contributed by atoms with Crippen molar-refractivity contribution in [2.75, 3.05) is 39.6 Å². The van der Waals surface area contributed by atoms with Gasteiger partial charge >= 0.3 is 39.5 Å². The van der Waals surface area contributed by atoms with Crippen LogP contribution in [0.5, 0.6) is 0 Å². The van der Waals surface area contributed by atoms with Gasteiger partial charge in [0.2, 0.25) is 0 Å². The summed E-state index contributed by atoms with van der Waals surface area (Å²) in [5.74, 6) is -2.36. The highest BCUT2D eigenvalue weighted by Crippen LogP contribution is 2.45. The number of hydrogen-bond donors (Lipinski definition) is 3. The number of phosphoric ester groups is 2. The van der Waals surface area contributed by atoms with Gasteiger partial charge in [0.05, 0.1) is 32.8 Å². The molecule has 0 heterocycles. The lowest BCUT2D eigenvalue weighted by molar-refractivity contribution is -0.161. The fraction of sp³-hybridized carbons (Fsp3) is 0.647. The summed E-state index contributed by atoms with van der Waals surface area (Å²) >= 11 is 0. The highest BCUT2D eigenvalue weighted by atomic mass is 31.2. The van der Waals surface area contributed by atoms with Gasteiger partial charge in [-0.2, -0.15) is 0 Å². The van der Waals surface area contributed by atoms with E-state index < -0.39 is 97.5 Å². The topological polar surface area (TPSA) is 237 Å². The molecular formula is C85H140O17P2. The zero-order valence-electron chi connectivity index (χ0n) is 64.6. The molecule has 0 fully saturated rings. The van der Waals surface area contributed by atoms with Gasteiger partial charge in [0, 0.05) is 19.3 Å². The third-order valence-electron chi connectivity index (χ3n) is 16.0. The third-order valence-corrected chi connectivity index (χ3v) is 17.9. The Bertz CT molecular complexity index is 2590. The molecule has 0 aromatic carbocycles. The monoisotopic (exact) mass is 1490 g/mol. The number of ether oxygens (including phenoxy) is 4. The van der Waals surface area contributed by atoms with Crippen LogP contribution in [0.1, 0.15) is 297 Å². The van der Waals surface area contributed by atoms with Gasteiger partial charge in [-0.05, 0) is 128 Å². The second-order valence-corrected chi connectivity index (χ2v) is 28.8. The molecule has 0 spiro atoms. The first-order valence-corrected chi connectivity index (χ1v) is 42.7. The Kier molecular flexibility index (Phi) is 72.0. The van der Waals surface area contributed by atoms with Crippen LogP contribution < -0.4 is 0 Å². The molecule has 0 amide bonds. The maximum atomic E-state index is 13.1. The molecule has 0 aromatic heterocycles. The number of aliphatic hydroxyl groups is 1. The Morgan fingerprint density at radius 2 is 0.538 bits per heavy atom. The minimum Gasteiger partial charge on any atom is -0.462 e. The predicted octanol–water partition coefficient (Wildman–Crippen LogP) is 23.2. The molecule has 0 aliphatic rings. The first-order chi connectivity index (χ1) is 50.7. The van der Waals surface area contributed by atoms with E-state index >= 15 is 0 Å². The second-order valence-electron chi connectivity index (χ2n) is 25.9. The van der Waals surface area contributed by atoms with Crippen molar-refractivity contribution in [3.63, 3.8) is 0 Å². The summed E-state index contributed by atoms with van der Waals surface area (Å²) in [5.41, 5.74) is 0. The molecule has 0 radical (unpaired) electrons. The van der Waals surface area contributed by atoms with E-state index in [2.05, 4.69) is 161 Å². The fourth-order valence-corrected chi connectivity index (χ4v) is 11.7. The zero-order valence-corrected chi connectivity index (χ0v) is 66.4. The van der Waals surface area contributed by atoms with Crippen molar-refractivity contribution < 1.29 is 80.2 Å². The Morgan fingerprint density at radius 1 is 0.288 bits per heavy atom. The number of unbranched alkanes of at least 4 members (excludes halogenated alkanes) is 22. The lowest BCUT2D eigenvalue weighted by Crippen LogP contribution is -2.30. The summed E-state index contributed by atoms with van der Waals surface area (Å²) in [6.07, 6.45) is 88.3. The predicted molar refractivity (Wildman–Crippen MR) is 427 cm³/mol. The SMILES string of the molecule is CC/C=C\C/C=C\C/C=C\C/C=C\C/C=C\CC(=O)OCC(COP(=O)(O)OCC(O)COP(=O)(O)OCC(COC(=O)CCCCCCCC/C=C\C/C=C\C/C=C\C/C=C\CC)OC(=O)CCCCCCCC/C=C\C/C=C\C/C=C\C/C=C\CC)OC(=O)CCCCCCCCCCCCC. The lowest BCUT2D eigenvalue weighted by atomic mass is 10.1. The number of rotatable bonds is 73. The van der Waals surface area contributed by atoms with E-state index in [-0.39, 0.29) is 25.7 Å². The fourth-order valence-electron chi connectivity index (χ4n) is 10.1. The average Bonchev–Trinajstić information content (AvgIpc) is 0.928. The first kappa shape index (κ1) is 98.7. The molecule has 104 heavy (non-hydrogen) atoms. The number of carbonyl (C=O) groups excluding carboxylic acids is 4. The van der Waals surface area contributed by atoms with Gasteiger partial charge in [-0.3, -0.25) is 37.3 Å². The van der Waals surface area contributed by atoms with Gasteiger partial charge in [-0.15, -0.1) is 0 Å². The van der Waals surface area contributed by atoms with Crippen molar-refractivity contribution in [1.29, 1.82) is 0 Å². The van der Waals surface area contributed by atoms with E-state index in [9.17, 15) is 43.2 Å². The van der Waals surface area contributed by atoms with Gasteiger partial charge in [0.25, 0.3) is 0 Å². The molecule has 19 heteroatoms. The minimum atomic E-state index is -5.00. The summed E-state index contributed by atoms with van der Waals surface area (Å²) in [6, 6.07) is 0. The zero-order chi connectivity index (χ0) is 76.0. The Labute approximate surface area is 629 Å². The summed E-state index contributed by atoms with van der Waals surface area (Å²) in [4.78, 5) is 72.9. The average molecular weight is 1500 g/mol. The van der Waals surface area contributed by atoms with Crippen LogP contribution in [0.3, 0.4) is 0 Å². The quantitative estimate of drug-likeness (QED) is 0.0169. The lowest BCUT2D eigenvalue weighted by Gasteiger charge is -2.21. The Hall–Kier alpha value is -5.32. The number of carbonyl (C=O) groups is 4. The van der Waals surface area contributed by atoms with Crippen molar-refractivity contribution in [2.45, 2.75) is 316 Å². The van der Waals surface area contributed by atoms with Crippen molar-refractivity contribution in [3.05, 3.63) is 158 Å². The van der Waals surface area contributed by atoms with Crippen LogP contribution in [0, 0.1) is 0 Å². The van der Waals surface area contributed by atoms with Crippen molar-refractivity contribution in [1.82, 2.24) is 0 Å². The van der Waals surface area contributed by atoms with Crippen molar-refractivity contribution >= 4 is 39.5 Å². The number of esters is 4. The summed E-state index contributed by atoms with van der Waals surface area (Å²) in [5, 5.41) is 10.6. The molecular weight excluding hydrogens is 1350 g/mol. The summed E-state index contributed by atoms with van der Waals surface area (Å²) in [6.45, 7) is 4.38. The van der Waals surface area contributed by atoms with E-state index in [1.165, 1.54) is 38.5 Å². The largest absolute Gasteiger partial charge is 0.472 e. The minimum absolute atomic E-state index is 0.0684. The van der Waals surface area contributed by atoms with E-state index in [1.54, 1.807) is 6.08 Å². The van der Waals surface area contributed by atoms with Gasteiger partial charge in [-0.1, -0.05) is 301 Å². The van der Waals surface area contributed by atoms with Gasteiger partial charge in [-0.25, -0.2) is 9.13 Å². The highest BCUT2D eigenvalue weighted by Gasteiger charge is 2.30. The molecule has 0 saturated heterocycles. The molecule has 5 atom stereocenters. The smallest absolute Gasteiger partial charge is 0.462 e. The molecule has 0 aliphatic heterocycles. The molecule has 0 saturated carbocycles. The third kappa shape index (κ3) is 74.9. The van der Waals surface area contributed by atoms with Crippen LogP contribution >= 0.6 is 15.6 Å². The standard InChI is InChI=1S/C85H140O17P2/c1-5-9-13-17-21-25-29-32-35-37-39-41-44-47-51-54-58-62-66-70-83(88)96-76-81(102-85(90)72-68-64-60-56-52-48-45-42-40-38-36-33-30-26-22-18-14-10-6-2)78-100-104(93,94)98-74-79(86)73-97-103(91,92)99-77-80(101-84(89)71-67-63-59-55-49-28-24-20-16-12-8-4)75-95-82(87)69-65-61-57-53-50-46-43-34-31-27-23-19-15-11-7-3/h9-11,13-15,21-23,25-27,32-36,39-43,50,53,61,65,79-81,86H,5-8,12,16-20,24,28-31,37-38,44-49,51-52,54-60,62-64,66-78H2,1-4H3,(H,91,92)(H,93,94)/b13-9-,14-10-,15-11-,25-21-,26-22-,27-23-,35-32-,36-33-,41-39-,42-40-,43-34-,53-50-,65-61-. The van der Waals surface area contributed by atoms with Crippen LogP contribution in [0.25, 0.3) is 0 Å². The summed E-state index contributed by atoms with van der Waals surface area (Å²) < 4.78 is 68.4. The van der Waals surface area contributed by atoms with Crippen molar-refractivity contribution in [3.8, 4) is 0 Å². The molecule has 0 bridgehead atoms. The van der Waals surface area contributed by atoms with Gasteiger partial charge < -0.3 is 33.8 Å². The second kappa shape index (κ2) is 75.9. The van der Waals surface area contributed by atoms with E-state index in [4.69, 9.17) is 37.0 Å². The van der Waals surface area contributed by atoms with Crippen LogP contribution in [-0.4, -0.2) is 96.7 Å². The molecule has 3 N–H and O–H groups in total. The maximum Gasteiger partial charge on any atom is 0.472 e. The Morgan fingerprint density at radius 3 is 0.856 bits per heavy atom. The maximum absolute atomic E-state index is 13.1. The number of aliphatic hydroxyl groups excluding tert-OH is 1. The van der Waals surface area contributed by atoms with Crippen LogP contribution in [0.2, 0.25) is 0 Å². The van der Waals surface area contributed by atoms with Crippen LogP contribution in [-0.2, 0) is 65.4 Å². The molecule has 17 nitrogen and oxygen atoms in total. The molecule has 5 unspecified atom stereocenters. The van der Waals surface area contributed by atoms with Gasteiger partial charge in [0.1, 0.15) is 19.3 Å². The van der Waals surface area contributed by atoms with Gasteiger partial charge in [0.15, 0.2) is 12.2 Å². The Balaban J connectivity index is 5.43. The first-order valence-electron chi connectivity index (χ1n) is 39.7. The van der Waals surface area contributed by atoms with Crippen molar-refractivity contribution in [2.24, 2.45) is 0 Å².